The quantitative estimate of drug-likeness (QED) is 0.575. The van der Waals surface area contributed by atoms with Gasteiger partial charge in [-0.05, 0) is 30.3 Å². The average molecular weight is 418 g/mol. The van der Waals surface area contributed by atoms with Crippen molar-refractivity contribution in [3.63, 3.8) is 0 Å². The monoisotopic (exact) mass is 418 g/mol. The Morgan fingerprint density at radius 1 is 1.00 bits per heavy atom. The van der Waals surface area contributed by atoms with Crippen molar-refractivity contribution in [2.24, 2.45) is 0 Å². The Labute approximate surface area is 171 Å². The first-order chi connectivity index (χ1) is 14.3. The van der Waals surface area contributed by atoms with Crippen LogP contribution in [0, 0.1) is 21.7 Å². The molecule has 3 rings (SSSR count). The summed E-state index contributed by atoms with van der Waals surface area (Å²) in [6.07, 6.45) is 0.230. The largest absolute Gasteiger partial charge is 0.336 e. The molecule has 8 nitrogen and oxygen atoms in total. The minimum absolute atomic E-state index is 0.0520. The number of carbonyl (C=O) groups is 2. The Bertz CT molecular complexity index is 944. The first-order valence-electron chi connectivity index (χ1n) is 9.34. The summed E-state index contributed by atoms with van der Waals surface area (Å²) in [7, 11) is 0. The van der Waals surface area contributed by atoms with Crippen LogP contribution in [0.5, 0.6) is 0 Å². The highest BCUT2D eigenvalue weighted by Gasteiger charge is 2.23. The molecular weight excluding hydrogens is 398 g/mol. The molecule has 0 radical (unpaired) electrons. The molecule has 1 heterocycles. The molecule has 1 aliphatic heterocycles. The number of nitro benzene ring substituents is 1. The second kappa shape index (κ2) is 9.40. The normalized spacial score (nSPS) is 14.4. The number of halogens is 2. The Balaban J connectivity index is 1.43. The standard InChI is InChI=1S/C20H20F2N4O4/c21-17-6-1-14(13-18(17)22)20(28)25-11-9-24(10-12-25)8-7-19(27)23-15-2-4-16(5-3-15)26(29)30/h1-6,13H,7-12H2,(H,23,27). The molecule has 2 aromatic rings. The van der Waals surface area contributed by atoms with Gasteiger partial charge in [0.1, 0.15) is 0 Å². The molecule has 1 aliphatic rings. The maximum absolute atomic E-state index is 13.3. The van der Waals surface area contributed by atoms with Crippen LogP contribution in [0.15, 0.2) is 42.5 Å². The fourth-order valence-corrected chi connectivity index (χ4v) is 3.14. The lowest BCUT2D eigenvalue weighted by molar-refractivity contribution is -0.384. The van der Waals surface area contributed by atoms with Gasteiger partial charge in [0.15, 0.2) is 11.6 Å². The van der Waals surface area contributed by atoms with Gasteiger partial charge in [-0.1, -0.05) is 0 Å². The van der Waals surface area contributed by atoms with E-state index in [4.69, 9.17) is 0 Å². The van der Waals surface area contributed by atoms with E-state index in [0.29, 0.717) is 38.4 Å². The number of hydrogen-bond donors (Lipinski definition) is 1. The predicted octanol–water partition coefficient (Wildman–Crippen LogP) is 2.66. The number of nitrogens with one attached hydrogen (secondary N) is 1. The molecule has 0 spiro atoms. The van der Waals surface area contributed by atoms with E-state index in [1.54, 1.807) is 4.90 Å². The molecule has 0 saturated carbocycles. The summed E-state index contributed by atoms with van der Waals surface area (Å²) in [5, 5.41) is 13.3. The van der Waals surface area contributed by atoms with Gasteiger partial charge in [-0.3, -0.25) is 24.6 Å². The molecule has 10 heteroatoms. The summed E-state index contributed by atoms with van der Waals surface area (Å²) < 4.78 is 26.4. The zero-order valence-corrected chi connectivity index (χ0v) is 16.0. The van der Waals surface area contributed by atoms with Gasteiger partial charge in [0.2, 0.25) is 5.91 Å². The number of piperazine rings is 1. The molecule has 0 unspecified atom stereocenters. The minimum Gasteiger partial charge on any atom is -0.336 e. The maximum Gasteiger partial charge on any atom is 0.269 e. The Morgan fingerprint density at radius 2 is 1.67 bits per heavy atom. The molecule has 0 atom stereocenters. The summed E-state index contributed by atoms with van der Waals surface area (Å²) in [5.74, 6) is -2.63. The van der Waals surface area contributed by atoms with Gasteiger partial charge in [0.05, 0.1) is 4.92 Å². The van der Waals surface area contributed by atoms with Gasteiger partial charge in [0.25, 0.3) is 11.6 Å². The molecule has 2 aromatic carbocycles. The van der Waals surface area contributed by atoms with Crippen molar-refractivity contribution in [1.82, 2.24) is 9.80 Å². The van der Waals surface area contributed by atoms with Crippen molar-refractivity contribution >= 4 is 23.2 Å². The fourth-order valence-electron chi connectivity index (χ4n) is 3.14. The number of anilines is 1. The molecule has 158 valence electrons. The zero-order valence-electron chi connectivity index (χ0n) is 16.0. The lowest BCUT2D eigenvalue weighted by atomic mass is 10.1. The Kier molecular flexibility index (Phi) is 6.68. The smallest absolute Gasteiger partial charge is 0.269 e. The van der Waals surface area contributed by atoms with E-state index in [1.807, 2.05) is 4.90 Å². The van der Waals surface area contributed by atoms with Crippen molar-refractivity contribution in [2.75, 3.05) is 38.0 Å². The third kappa shape index (κ3) is 5.35. The van der Waals surface area contributed by atoms with Crippen molar-refractivity contribution in [1.29, 1.82) is 0 Å². The highest BCUT2D eigenvalue weighted by molar-refractivity contribution is 5.94. The van der Waals surface area contributed by atoms with Gasteiger partial charge < -0.3 is 10.2 Å². The molecule has 1 saturated heterocycles. The lowest BCUT2D eigenvalue weighted by Gasteiger charge is -2.34. The van der Waals surface area contributed by atoms with Crippen molar-refractivity contribution in [2.45, 2.75) is 6.42 Å². The number of nitro groups is 1. The van der Waals surface area contributed by atoms with Gasteiger partial charge in [-0.15, -0.1) is 0 Å². The zero-order chi connectivity index (χ0) is 21.7. The van der Waals surface area contributed by atoms with E-state index in [0.717, 1.165) is 12.1 Å². The summed E-state index contributed by atoms with van der Waals surface area (Å²) in [5.41, 5.74) is 0.529. The molecule has 1 fully saturated rings. The highest BCUT2D eigenvalue weighted by Crippen LogP contribution is 2.16. The van der Waals surface area contributed by atoms with E-state index >= 15 is 0 Å². The van der Waals surface area contributed by atoms with Crippen LogP contribution in [-0.2, 0) is 4.79 Å². The van der Waals surface area contributed by atoms with Crippen LogP contribution in [0.3, 0.4) is 0 Å². The summed E-state index contributed by atoms with van der Waals surface area (Å²) in [4.78, 5) is 38.2. The first kappa shape index (κ1) is 21.3. The molecule has 1 N–H and O–H groups in total. The maximum atomic E-state index is 13.3. The van der Waals surface area contributed by atoms with Gasteiger partial charge in [-0.2, -0.15) is 0 Å². The number of hydrogen-bond acceptors (Lipinski definition) is 5. The molecule has 30 heavy (non-hydrogen) atoms. The van der Waals surface area contributed by atoms with Crippen LogP contribution >= 0.6 is 0 Å². The van der Waals surface area contributed by atoms with Gasteiger partial charge in [0, 0.05) is 62.5 Å². The SMILES string of the molecule is O=C(CCN1CCN(C(=O)c2ccc(F)c(F)c2)CC1)Nc1ccc([N+](=O)[O-])cc1. The first-order valence-corrected chi connectivity index (χ1v) is 9.34. The van der Waals surface area contributed by atoms with Crippen LogP contribution in [0.4, 0.5) is 20.2 Å². The van der Waals surface area contributed by atoms with Crippen molar-refractivity contribution in [3.05, 3.63) is 69.8 Å². The lowest BCUT2D eigenvalue weighted by Crippen LogP contribution is -2.49. The highest BCUT2D eigenvalue weighted by atomic mass is 19.2. The summed E-state index contributed by atoms with van der Waals surface area (Å²) in [6, 6.07) is 8.67. The molecule has 0 aliphatic carbocycles. The number of rotatable bonds is 6. The average Bonchev–Trinajstić information content (AvgIpc) is 2.74. The number of non-ortho nitro benzene ring substituents is 1. The second-order valence-electron chi connectivity index (χ2n) is 6.86. The fraction of sp³-hybridized carbons (Fsp3) is 0.300. The molecular formula is C20H20F2N4O4. The summed E-state index contributed by atoms with van der Waals surface area (Å²) >= 11 is 0. The summed E-state index contributed by atoms with van der Waals surface area (Å²) in [6.45, 7) is 2.44. The van der Waals surface area contributed by atoms with Crippen molar-refractivity contribution in [3.8, 4) is 0 Å². The van der Waals surface area contributed by atoms with Crippen LogP contribution in [0.25, 0.3) is 0 Å². The van der Waals surface area contributed by atoms with Crippen molar-refractivity contribution < 1.29 is 23.3 Å². The number of amides is 2. The van der Waals surface area contributed by atoms with Crippen LogP contribution in [0.2, 0.25) is 0 Å². The van der Waals surface area contributed by atoms with E-state index in [1.165, 1.54) is 30.3 Å². The topological polar surface area (TPSA) is 95.8 Å². The second-order valence-corrected chi connectivity index (χ2v) is 6.86. The predicted molar refractivity (Wildman–Crippen MR) is 105 cm³/mol. The Morgan fingerprint density at radius 3 is 2.27 bits per heavy atom. The minimum atomic E-state index is -1.06. The van der Waals surface area contributed by atoms with E-state index in [9.17, 15) is 28.5 Å². The molecule has 0 aromatic heterocycles. The van der Waals surface area contributed by atoms with Crippen LogP contribution in [-0.4, -0.2) is 59.3 Å². The van der Waals surface area contributed by atoms with Crippen LogP contribution in [0.1, 0.15) is 16.8 Å². The number of benzene rings is 2. The third-order valence-corrected chi connectivity index (χ3v) is 4.84. The van der Waals surface area contributed by atoms with Gasteiger partial charge in [-0.25, -0.2) is 8.78 Å². The van der Waals surface area contributed by atoms with E-state index < -0.39 is 16.6 Å². The van der Waals surface area contributed by atoms with E-state index in [-0.39, 0.29) is 29.5 Å². The van der Waals surface area contributed by atoms with Crippen LogP contribution < -0.4 is 5.32 Å². The Hall–Kier alpha value is -3.40. The number of nitrogens with zero attached hydrogens (tertiary/aromatic N) is 3. The van der Waals surface area contributed by atoms with Gasteiger partial charge >= 0.3 is 0 Å². The third-order valence-electron chi connectivity index (χ3n) is 4.84. The number of carbonyl (C=O) groups excluding carboxylic acids is 2. The molecule has 0 bridgehead atoms. The molecule has 2 amide bonds. The van der Waals surface area contributed by atoms with E-state index in [2.05, 4.69) is 5.32 Å².